The SMILES string of the molecule is CSCc1nc2ccccc2n1CC(=O)Nc1ccc(N2CCCCCC2)cc1. The fourth-order valence-corrected chi connectivity index (χ4v) is 4.45. The van der Waals surface area contributed by atoms with Crippen molar-refractivity contribution < 1.29 is 4.79 Å². The van der Waals surface area contributed by atoms with Gasteiger partial charge in [0.1, 0.15) is 12.4 Å². The number of rotatable bonds is 6. The van der Waals surface area contributed by atoms with E-state index in [1.165, 1.54) is 31.4 Å². The van der Waals surface area contributed by atoms with Gasteiger partial charge in [-0.15, -0.1) is 0 Å². The van der Waals surface area contributed by atoms with Crippen LogP contribution in [0.15, 0.2) is 48.5 Å². The lowest BCUT2D eigenvalue weighted by Gasteiger charge is -2.22. The first-order valence-corrected chi connectivity index (χ1v) is 11.7. The molecule has 0 saturated carbocycles. The summed E-state index contributed by atoms with van der Waals surface area (Å²) in [5, 5.41) is 3.04. The maximum atomic E-state index is 12.7. The van der Waals surface area contributed by atoms with Crippen LogP contribution in [0.1, 0.15) is 31.5 Å². The second-order valence-electron chi connectivity index (χ2n) is 7.53. The van der Waals surface area contributed by atoms with E-state index in [1.54, 1.807) is 11.8 Å². The van der Waals surface area contributed by atoms with E-state index in [-0.39, 0.29) is 12.5 Å². The Labute approximate surface area is 176 Å². The highest BCUT2D eigenvalue weighted by molar-refractivity contribution is 7.97. The molecule has 0 radical (unpaired) electrons. The minimum Gasteiger partial charge on any atom is -0.372 e. The molecule has 0 spiro atoms. The molecule has 0 aliphatic carbocycles. The van der Waals surface area contributed by atoms with Crippen LogP contribution in [0.4, 0.5) is 11.4 Å². The van der Waals surface area contributed by atoms with Crippen LogP contribution in [-0.4, -0.2) is 34.8 Å². The Morgan fingerprint density at radius 3 is 2.48 bits per heavy atom. The van der Waals surface area contributed by atoms with E-state index in [4.69, 9.17) is 4.98 Å². The van der Waals surface area contributed by atoms with Crippen molar-refractivity contribution in [1.82, 2.24) is 9.55 Å². The lowest BCUT2D eigenvalue weighted by atomic mass is 10.2. The molecule has 1 N–H and O–H groups in total. The van der Waals surface area contributed by atoms with Gasteiger partial charge in [0.2, 0.25) is 5.91 Å². The van der Waals surface area contributed by atoms with Gasteiger partial charge in [-0.3, -0.25) is 4.79 Å². The van der Waals surface area contributed by atoms with Crippen LogP contribution >= 0.6 is 11.8 Å². The van der Waals surface area contributed by atoms with E-state index >= 15 is 0 Å². The summed E-state index contributed by atoms with van der Waals surface area (Å²) in [6.07, 6.45) is 7.22. The minimum atomic E-state index is -0.0296. The Hall–Kier alpha value is -2.47. The summed E-state index contributed by atoms with van der Waals surface area (Å²) in [5.74, 6) is 1.69. The molecule has 1 amide bonds. The summed E-state index contributed by atoms with van der Waals surface area (Å²) in [4.78, 5) is 19.9. The predicted octanol–water partition coefficient (Wildman–Crippen LogP) is 4.92. The highest BCUT2D eigenvalue weighted by atomic mass is 32.2. The Balaban J connectivity index is 1.45. The molecule has 2 heterocycles. The molecule has 4 rings (SSSR count). The molecule has 0 unspecified atom stereocenters. The van der Waals surface area contributed by atoms with Gasteiger partial charge in [-0.2, -0.15) is 11.8 Å². The molecule has 2 aromatic carbocycles. The van der Waals surface area contributed by atoms with Gasteiger partial charge in [0.25, 0.3) is 0 Å². The third kappa shape index (κ3) is 4.75. The topological polar surface area (TPSA) is 50.2 Å². The van der Waals surface area contributed by atoms with E-state index in [1.807, 2.05) is 41.0 Å². The number of thioether (sulfide) groups is 1. The zero-order chi connectivity index (χ0) is 20.1. The van der Waals surface area contributed by atoms with E-state index in [9.17, 15) is 4.79 Å². The number of anilines is 2. The van der Waals surface area contributed by atoms with E-state index in [0.717, 1.165) is 41.4 Å². The summed E-state index contributed by atoms with van der Waals surface area (Å²) in [6.45, 7) is 2.51. The molecule has 6 heteroatoms. The Morgan fingerprint density at radius 2 is 1.76 bits per heavy atom. The average Bonchev–Trinajstić information content (AvgIpc) is 2.90. The van der Waals surface area contributed by atoms with Gasteiger partial charge in [0.05, 0.1) is 16.8 Å². The number of carbonyl (C=O) groups is 1. The fraction of sp³-hybridized carbons (Fsp3) is 0.391. The third-order valence-corrected chi connectivity index (χ3v) is 5.98. The van der Waals surface area contributed by atoms with Gasteiger partial charge in [0, 0.05) is 24.5 Å². The van der Waals surface area contributed by atoms with E-state index in [0.29, 0.717) is 0 Å². The van der Waals surface area contributed by atoms with Crippen LogP contribution in [0.5, 0.6) is 0 Å². The number of imidazole rings is 1. The second-order valence-corrected chi connectivity index (χ2v) is 8.40. The zero-order valence-corrected chi connectivity index (χ0v) is 17.8. The lowest BCUT2D eigenvalue weighted by molar-refractivity contribution is -0.116. The monoisotopic (exact) mass is 408 g/mol. The number of benzene rings is 2. The van der Waals surface area contributed by atoms with Gasteiger partial charge in [-0.25, -0.2) is 4.98 Å². The lowest BCUT2D eigenvalue weighted by Crippen LogP contribution is -2.24. The van der Waals surface area contributed by atoms with Crippen LogP contribution in [0, 0.1) is 0 Å². The van der Waals surface area contributed by atoms with Crippen LogP contribution in [0.2, 0.25) is 0 Å². The number of amides is 1. The Morgan fingerprint density at radius 1 is 1.03 bits per heavy atom. The number of nitrogens with one attached hydrogen (secondary N) is 1. The number of hydrogen-bond donors (Lipinski definition) is 1. The van der Waals surface area contributed by atoms with Crippen LogP contribution in [0.3, 0.4) is 0 Å². The molecule has 1 aliphatic rings. The highest BCUT2D eigenvalue weighted by Gasteiger charge is 2.14. The molecule has 0 bridgehead atoms. The molecule has 152 valence electrons. The number of para-hydroxylation sites is 2. The molecule has 29 heavy (non-hydrogen) atoms. The summed E-state index contributed by atoms with van der Waals surface area (Å²) in [7, 11) is 0. The molecular formula is C23H28N4OS. The van der Waals surface area contributed by atoms with Crippen molar-refractivity contribution in [2.45, 2.75) is 38.0 Å². The van der Waals surface area contributed by atoms with Crippen molar-refractivity contribution in [3.8, 4) is 0 Å². The normalized spacial score (nSPS) is 14.7. The highest BCUT2D eigenvalue weighted by Crippen LogP contribution is 2.22. The van der Waals surface area contributed by atoms with Crippen molar-refractivity contribution in [1.29, 1.82) is 0 Å². The minimum absolute atomic E-state index is 0.0296. The zero-order valence-electron chi connectivity index (χ0n) is 16.9. The first-order chi connectivity index (χ1) is 14.2. The van der Waals surface area contributed by atoms with Crippen LogP contribution in [-0.2, 0) is 17.1 Å². The number of carbonyl (C=O) groups excluding carboxylic acids is 1. The standard InChI is InChI=1S/C23H28N4OS/c1-29-17-22-25-20-8-4-5-9-21(20)27(22)16-23(28)24-18-10-12-19(13-11-18)26-14-6-2-3-7-15-26/h4-5,8-13H,2-3,6-7,14-17H2,1H3,(H,24,28). The maximum absolute atomic E-state index is 12.7. The van der Waals surface area contributed by atoms with Gasteiger partial charge in [0.15, 0.2) is 0 Å². The molecule has 5 nitrogen and oxygen atoms in total. The maximum Gasteiger partial charge on any atom is 0.244 e. The van der Waals surface area contributed by atoms with E-state index < -0.39 is 0 Å². The van der Waals surface area contributed by atoms with Gasteiger partial charge in [-0.1, -0.05) is 25.0 Å². The van der Waals surface area contributed by atoms with Crippen molar-refractivity contribution >= 4 is 40.1 Å². The summed E-state index contributed by atoms with van der Waals surface area (Å²) in [5.41, 5.74) is 4.02. The molecule has 1 aromatic heterocycles. The average molecular weight is 409 g/mol. The second kappa shape index (κ2) is 9.35. The number of nitrogens with zero attached hydrogens (tertiary/aromatic N) is 3. The molecule has 1 aliphatic heterocycles. The number of fused-ring (bicyclic) bond motifs is 1. The smallest absolute Gasteiger partial charge is 0.244 e. The summed E-state index contributed by atoms with van der Waals surface area (Å²) in [6, 6.07) is 16.2. The quantitative estimate of drug-likeness (QED) is 0.629. The van der Waals surface area contributed by atoms with Gasteiger partial charge >= 0.3 is 0 Å². The summed E-state index contributed by atoms with van der Waals surface area (Å²) >= 11 is 1.71. The Kier molecular flexibility index (Phi) is 6.39. The van der Waals surface area contributed by atoms with Gasteiger partial charge in [-0.05, 0) is 55.5 Å². The molecule has 1 fully saturated rings. The van der Waals surface area contributed by atoms with Crippen molar-refractivity contribution in [3.63, 3.8) is 0 Å². The first kappa shape index (κ1) is 19.8. The van der Waals surface area contributed by atoms with Crippen molar-refractivity contribution in [3.05, 3.63) is 54.4 Å². The molecular weight excluding hydrogens is 380 g/mol. The third-order valence-electron chi connectivity index (χ3n) is 5.43. The van der Waals surface area contributed by atoms with Crippen LogP contribution in [0.25, 0.3) is 11.0 Å². The summed E-state index contributed by atoms with van der Waals surface area (Å²) < 4.78 is 2.02. The van der Waals surface area contributed by atoms with Crippen LogP contribution < -0.4 is 10.2 Å². The van der Waals surface area contributed by atoms with Crippen molar-refractivity contribution in [2.24, 2.45) is 0 Å². The largest absolute Gasteiger partial charge is 0.372 e. The predicted molar refractivity (Wildman–Crippen MR) is 123 cm³/mol. The molecule has 0 atom stereocenters. The van der Waals surface area contributed by atoms with Gasteiger partial charge < -0.3 is 14.8 Å². The first-order valence-electron chi connectivity index (χ1n) is 10.3. The fourth-order valence-electron chi connectivity index (χ4n) is 3.97. The number of aromatic nitrogens is 2. The molecule has 3 aromatic rings. The van der Waals surface area contributed by atoms with Crippen molar-refractivity contribution in [2.75, 3.05) is 29.6 Å². The van der Waals surface area contributed by atoms with E-state index in [2.05, 4.69) is 28.6 Å². The Bertz CT molecular complexity index is 959. The number of hydrogen-bond acceptors (Lipinski definition) is 4. The molecule has 1 saturated heterocycles.